The summed E-state index contributed by atoms with van der Waals surface area (Å²) in [5.74, 6) is -1.37. The van der Waals surface area contributed by atoms with Gasteiger partial charge >= 0.3 is 5.97 Å². The minimum absolute atomic E-state index is 0.00793. The van der Waals surface area contributed by atoms with Crippen LogP contribution in [0.25, 0.3) is 11.0 Å². The SMILES string of the molecule is COc1ccc(C(=O)OCC(=O)N[C@@H](C)c2cc3ccccc3o2)cc1F. The van der Waals surface area contributed by atoms with Crippen molar-refractivity contribution < 1.29 is 27.9 Å². The Hall–Kier alpha value is -3.35. The number of benzene rings is 2. The topological polar surface area (TPSA) is 77.8 Å². The zero-order chi connectivity index (χ0) is 19.4. The molecule has 140 valence electrons. The number of para-hydroxylation sites is 1. The van der Waals surface area contributed by atoms with Crippen molar-refractivity contribution in [3.8, 4) is 5.75 Å². The first-order valence-corrected chi connectivity index (χ1v) is 8.26. The molecule has 1 N–H and O–H groups in total. The Morgan fingerprint density at radius 3 is 2.67 bits per heavy atom. The summed E-state index contributed by atoms with van der Waals surface area (Å²) in [4.78, 5) is 24.0. The van der Waals surface area contributed by atoms with Crippen LogP contribution in [0.2, 0.25) is 0 Å². The molecule has 0 bridgehead atoms. The average Bonchev–Trinajstić information content (AvgIpc) is 3.10. The van der Waals surface area contributed by atoms with Gasteiger partial charge in [0.1, 0.15) is 11.3 Å². The number of carbonyl (C=O) groups excluding carboxylic acids is 2. The van der Waals surface area contributed by atoms with Gasteiger partial charge in [-0.2, -0.15) is 0 Å². The smallest absolute Gasteiger partial charge is 0.338 e. The van der Waals surface area contributed by atoms with Crippen LogP contribution in [0, 0.1) is 5.82 Å². The number of ether oxygens (including phenoxy) is 2. The van der Waals surface area contributed by atoms with Gasteiger partial charge in [-0.05, 0) is 37.3 Å². The molecule has 3 rings (SSSR count). The maximum Gasteiger partial charge on any atom is 0.338 e. The van der Waals surface area contributed by atoms with E-state index in [1.165, 1.54) is 19.2 Å². The molecule has 0 aliphatic rings. The lowest BCUT2D eigenvalue weighted by atomic mass is 10.2. The third kappa shape index (κ3) is 4.25. The first-order valence-electron chi connectivity index (χ1n) is 8.26. The Morgan fingerprint density at radius 2 is 1.96 bits per heavy atom. The molecule has 27 heavy (non-hydrogen) atoms. The summed E-state index contributed by atoms with van der Waals surface area (Å²) in [6.07, 6.45) is 0. The molecule has 0 radical (unpaired) electrons. The van der Waals surface area contributed by atoms with Crippen LogP contribution in [0.15, 0.2) is 52.9 Å². The number of esters is 1. The van der Waals surface area contributed by atoms with Crippen molar-refractivity contribution >= 4 is 22.8 Å². The molecule has 0 spiro atoms. The van der Waals surface area contributed by atoms with E-state index in [0.29, 0.717) is 5.76 Å². The molecule has 3 aromatic rings. The van der Waals surface area contributed by atoms with Gasteiger partial charge in [0.2, 0.25) is 0 Å². The van der Waals surface area contributed by atoms with Crippen LogP contribution < -0.4 is 10.1 Å². The number of hydrogen-bond acceptors (Lipinski definition) is 5. The fourth-order valence-electron chi connectivity index (χ4n) is 2.58. The van der Waals surface area contributed by atoms with Crippen molar-refractivity contribution in [2.24, 2.45) is 0 Å². The Bertz CT molecular complexity index is 948. The van der Waals surface area contributed by atoms with E-state index >= 15 is 0 Å². The molecule has 0 saturated carbocycles. The summed E-state index contributed by atoms with van der Waals surface area (Å²) in [5.41, 5.74) is 0.716. The number of nitrogens with one attached hydrogen (secondary N) is 1. The average molecular weight is 371 g/mol. The van der Waals surface area contributed by atoms with Gasteiger partial charge < -0.3 is 19.2 Å². The molecule has 0 unspecified atom stereocenters. The lowest BCUT2D eigenvalue weighted by molar-refractivity contribution is -0.125. The van der Waals surface area contributed by atoms with Crippen LogP contribution in [0.5, 0.6) is 5.75 Å². The second-order valence-electron chi connectivity index (χ2n) is 5.90. The van der Waals surface area contributed by atoms with Gasteiger partial charge in [-0.25, -0.2) is 9.18 Å². The minimum Gasteiger partial charge on any atom is -0.494 e. The zero-order valence-corrected chi connectivity index (χ0v) is 14.8. The second kappa shape index (κ2) is 7.90. The maximum absolute atomic E-state index is 13.6. The molecule has 1 atom stereocenters. The quantitative estimate of drug-likeness (QED) is 0.670. The van der Waals surface area contributed by atoms with Crippen molar-refractivity contribution in [1.29, 1.82) is 0 Å². The van der Waals surface area contributed by atoms with Crippen molar-refractivity contribution in [3.05, 3.63) is 65.7 Å². The first-order chi connectivity index (χ1) is 13.0. The van der Waals surface area contributed by atoms with E-state index in [2.05, 4.69) is 5.32 Å². The van der Waals surface area contributed by atoms with Gasteiger partial charge in [-0.3, -0.25) is 4.79 Å². The third-order valence-electron chi connectivity index (χ3n) is 3.97. The molecule has 2 aromatic carbocycles. The Labute approximate surface area is 154 Å². The number of fused-ring (bicyclic) bond motifs is 1. The van der Waals surface area contributed by atoms with E-state index in [1.54, 1.807) is 6.92 Å². The second-order valence-corrected chi connectivity index (χ2v) is 5.90. The number of halogens is 1. The number of furan rings is 1. The largest absolute Gasteiger partial charge is 0.494 e. The van der Waals surface area contributed by atoms with Crippen LogP contribution in [0.1, 0.15) is 29.1 Å². The van der Waals surface area contributed by atoms with Crippen molar-refractivity contribution in [2.75, 3.05) is 13.7 Å². The van der Waals surface area contributed by atoms with Crippen LogP contribution in [0.4, 0.5) is 4.39 Å². The van der Waals surface area contributed by atoms with Gasteiger partial charge in [0, 0.05) is 5.39 Å². The highest BCUT2D eigenvalue weighted by molar-refractivity contribution is 5.91. The molecule has 0 aliphatic carbocycles. The van der Waals surface area contributed by atoms with E-state index in [9.17, 15) is 14.0 Å². The fourth-order valence-corrected chi connectivity index (χ4v) is 2.58. The Morgan fingerprint density at radius 1 is 1.19 bits per heavy atom. The molecule has 6 nitrogen and oxygen atoms in total. The summed E-state index contributed by atoms with van der Waals surface area (Å²) >= 11 is 0. The summed E-state index contributed by atoms with van der Waals surface area (Å²) < 4.78 is 29.0. The molecule has 1 heterocycles. The predicted octanol–water partition coefficient (Wildman–Crippen LogP) is 3.61. The van der Waals surface area contributed by atoms with Crippen LogP contribution in [-0.2, 0) is 9.53 Å². The molecular formula is C20H18FNO5. The standard InChI is InChI=1S/C20H18FNO5/c1-12(18-10-13-5-3-4-6-16(13)27-18)22-19(23)11-26-20(24)14-7-8-17(25-2)15(21)9-14/h3-10,12H,11H2,1-2H3,(H,22,23)/t12-/m0/s1. The van der Waals surface area contributed by atoms with Gasteiger partial charge in [0.05, 0.1) is 18.7 Å². The van der Waals surface area contributed by atoms with Crippen LogP contribution in [0.3, 0.4) is 0 Å². The number of amides is 1. The zero-order valence-electron chi connectivity index (χ0n) is 14.8. The van der Waals surface area contributed by atoms with E-state index in [-0.39, 0.29) is 11.3 Å². The molecular weight excluding hydrogens is 353 g/mol. The number of carbonyl (C=O) groups is 2. The molecule has 7 heteroatoms. The summed E-state index contributed by atoms with van der Waals surface area (Å²) in [5, 5.41) is 3.62. The lowest BCUT2D eigenvalue weighted by Gasteiger charge is -2.11. The highest BCUT2D eigenvalue weighted by Crippen LogP contribution is 2.23. The van der Waals surface area contributed by atoms with Crippen molar-refractivity contribution in [1.82, 2.24) is 5.32 Å². The van der Waals surface area contributed by atoms with E-state index in [0.717, 1.165) is 17.0 Å². The van der Waals surface area contributed by atoms with Crippen LogP contribution in [-0.4, -0.2) is 25.6 Å². The van der Waals surface area contributed by atoms with E-state index in [4.69, 9.17) is 13.9 Å². The van der Waals surface area contributed by atoms with Crippen molar-refractivity contribution in [2.45, 2.75) is 13.0 Å². The van der Waals surface area contributed by atoms with Gasteiger partial charge in [0.15, 0.2) is 18.2 Å². The van der Waals surface area contributed by atoms with Gasteiger partial charge in [-0.1, -0.05) is 18.2 Å². The highest BCUT2D eigenvalue weighted by atomic mass is 19.1. The number of hydrogen-bond donors (Lipinski definition) is 1. The fraction of sp³-hybridized carbons (Fsp3) is 0.200. The normalized spacial score (nSPS) is 11.8. The monoisotopic (exact) mass is 371 g/mol. The van der Waals surface area contributed by atoms with Gasteiger partial charge in [0.25, 0.3) is 5.91 Å². The molecule has 0 aliphatic heterocycles. The maximum atomic E-state index is 13.6. The Balaban J connectivity index is 1.55. The highest BCUT2D eigenvalue weighted by Gasteiger charge is 2.17. The minimum atomic E-state index is -0.803. The Kier molecular flexibility index (Phi) is 5.40. The van der Waals surface area contributed by atoms with E-state index in [1.807, 2.05) is 30.3 Å². The molecule has 0 fully saturated rings. The summed E-state index contributed by atoms with van der Waals surface area (Å²) in [6.45, 7) is 1.27. The van der Waals surface area contributed by atoms with E-state index < -0.39 is 30.3 Å². The number of rotatable bonds is 6. The number of methoxy groups -OCH3 is 1. The first kappa shape index (κ1) is 18.4. The summed E-state index contributed by atoms with van der Waals surface area (Å²) in [6, 6.07) is 12.6. The van der Waals surface area contributed by atoms with Crippen molar-refractivity contribution in [3.63, 3.8) is 0 Å². The molecule has 1 amide bonds. The summed E-state index contributed by atoms with van der Waals surface area (Å²) in [7, 11) is 1.32. The molecule has 0 saturated heterocycles. The molecule has 1 aromatic heterocycles. The predicted molar refractivity (Wildman–Crippen MR) is 96.0 cm³/mol. The third-order valence-corrected chi connectivity index (χ3v) is 3.97. The van der Waals surface area contributed by atoms with Crippen LogP contribution >= 0.6 is 0 Å². The van der Waals surface area contributed by atoms with Gasteiger partial charge in [-0.15, -0.1) is 0 Å². The lowest BCUT2D eigenvalue weighted by Crippen LogP contribution is -2.31.